The number of thioether (sulfide) groups is 1. The average molecular weight is 311 g/mol. The smallest absolute Gasteiger partial charge is 0.230 e. The topological polar surface area (TPSA) is 54.9 Å². The number of hydrogen-bond acceptors (Lipinski definition) is 5. The highest BCUT2D eigenvalue weighted by atomic mass is 32.2. The van der Waals surface area contributed by atoms with Crippen molar-refractivity contribution in [3.63, 3.8) is 0 Å². The number of nitrogens with one attached hydrogen (secondary N) is 1. The van der Waals surface area contributed by atoms with Gasteiger partial charge < -0.3 is 5.32 Å². The van der Waals surface area contributed by atoms with Crippen LogP contribution in [0.3, 0.4) is 0 Å². The first-order chi connectivity index (χ1) is 9.65. The van der Waals surface area contributed by atoms with Gasteiger partial charge in [0.05, 0.1) is 28.9 Å². The van der Waals surface area contributed by atoms with Gasteiger partial charge in [-0.3, -0.25) is 4.79 Å². The van der Waals surface area contributed by atoms with Crippen LogP contribution in [0.15, 0.2) is 24.3 Å². The van der Waals surface area contributed by atoms with Gasteiger partial charge in [-0.25, -0.2) is 4.39 Å². The molecule has 0 radical (unpaired) electrons. The number of hydrogen-bond donors (Lipinski definition) is 1. The maximum Gasteiger partial charge on any atom is 0.230 e. The molecule has 2 rings (SSSR count). The van der Waals surface area contributed by atoms with Crippen LogP contribution in [0.4, 0.5) is 4.39 Å². The second kappa shape index (κ2) is 7.35. The summed E-state index contributed by atoms with van der Waals surface area (Å²) in [7, 11) is 0. The Kier molecular flexibility index (Phi) is 5.49. The fourth-order valence-corrected chi connectivity index (χ4v) is 2.98. The van der Waals surface area contributed by atoms with Gasteiger partial charge in [0.2, 0.25) is 5.91 Å². The Hall–Kier alpha value is -1.47. The summed E-state index contributed by atoms with van der Waals surface area (Å²) in [6.07, 6.45) is 0. The van der Waals surface area contributed by atoms with Crippen molar-refractivity contribution in [2.24, 2.45) is 0 Å². The van der Waals surface area contributed by atoms with Gasteiger partial charge in [-0.15, -0.1) is 11.8 Å². The molecule has 0 aliphatic heterocycles. The summed E-state index contributed by atoms with van der Waals surface area (Å²) >= 11 is 2.69. The maximum atomic E-state index is 12.7. The monoisotopic (exact) mass is 311 g/mol. The third kappa shape index (κ3) is 4.57. The van der Waals surface area contributed by atoms with Crippen LogP contribution in [0.25, 0.3) is 0 Å². The molecule has 0 unspecified atom stereocenters. The summed E-state index contributed by atoms with van der Waals surface area (Å²) in [5.74, 6) is 0.743. The SMILES string of the molecule is Cc1nsnc1CSCC(=O)NCc1ccc(F)cc1. The van der Waals surface area contributed by atoms with E-state index >= 15 is 0 Å². The molecule has 1 aromatic carbocycles. The van der Waals surface area contributed by atoms with E-state index in [1.165, 1.54) is 35.6 Å². The van der Waals surface area contributed by atoms with Crippen molar-refractivity contribution in [1.82, 2.24) is 14.1 Å². The summed E-state index contributed by atoms with van der Waals surface area (Å²) in [5, 5.41) is 2.80. The molecule has 0 saturated heterocycles. The van der Waals surface area contributed by atoms with Crippen LogP contribution in [0, 0.1) is 12.7 Å². The van der Waals surface area contributed by atoms with Crippen molar-refractivity contribution in [1.29, 1.82) is 0 Å². The first-order valence-corrected chi connectivity index (χ1v) is 7.90. The zero-order valence-electron chi connectivity index (χ0n) is 10.9. The summed E-state index contributed by atoms with van der Waals surface area (Å²) in [5.41, 5.74) is 2.74. The molecule has 0 atom stereocenters. The highest BCUT2D eigenvalue weighted by Crippen LogP contribution is 2.13. The molecule has 1 amide bonds. The van der Waals surface area contributed by atoms with E-state index in [4.69, 9.17) is 0 Å². The van der Waals surface area contributed by atoms with E-state index in [1.54, 1.807) is 12.1 Å². The fraction of sp³-hybridized carbons (Fsp3) is 0.308. The van der Waals surface area contributed by atoms with E-state index in [-0.39, 0.29) is 11.7 Å². The van der Waals surface area contributed by atoms with Crippen LogP contribution in [-0.4, -0.2) is 20.4 Å². The lowest BCUT2D eigenvalue weighted by Crippen LogP contribution is -2.24. The minimum Gasteiger partial charge on any atom is -0.351 e. The molecule has 106 valence electrons. The quantitative estimate of drug-likeness (QED) is 0.891. The number of benzene rings is 1. The normalized spacial score (nSPS) is 10.5. The van der Waals surface area contributed by atoms with Gasteiger partial charge in [-0.2, -0.15) is 8.75 Å². The highest BCUT2D eigenvalue weighted by molar-refractivity contribution is 7.99. The lowest BCUT2D eigenvalue weighted by molar-refractivity contribution is -0.118. The van der Waals surface area contributed by atoms with Gasteiger partial charge in [-0.1, -0.05) is 12.1 Å². The van der Waals surface area contributed by atoms with Crippen LogP contribution in [0.2, 0.25) is 0 Å². The van der Waals surface area contributed by atoms with Crippen LogP contribution >= 0.6 is 23.5 Å². The van der Waals surface area contributed by atoms with Crippen LogP contribution < -0.4 is 5.32 Å². The zero-order valence-corrected chi connectivity index (χ0v) is 12.6. The second-order valence-electron chi connectivity index (χ2n) is 4.19. The predicted molar refractivity (Wildman–Crippen MR) is 79.1 cm³/mol. The summed E-state index contributed by atoms with van der Waals surface area (Å²) in [6.45, 7) is 2.32. The molecule has 0 aliphatic rings. The number of carbonyl (C=O) groups excluding carboxylic acids is 1. The van der Waals surface area contributed by atoms with E-state index in [9.17, 15) is 9.18 Å². The molecule has 1 heterocycles. The van der Waals surface area contributed by atoms with Gasteiger partial charge >= 0.3 is 0 Å². The molecule has 7 heteroatoms. The largest absolute Gasteiger partial charge is 0.351 e. The minimum atomic E-state index is -0.275. The lowest BCUT2D eigenvalue weighted by atomic mass is 10.2. The summed E-state index contributed by atoms with van der Waals surface area (Å²) < 4.78 is 21.0. The van der Waals surface area contributed by atoms with Crippen LogP contribution in [0.1, 0.15) is 17.0 Å². The third-order valence-corrected chi connectivity index (χ3v) is 4.22. The van der Waals surface area contributed by atoms with Crippen molar-refractivity contribution in [2.45, 2.75) is 19.2 Å². The first-order valence-electron chi connectivity index (χ1n) is 6.02. The predicted octanol–water partition coefficient (Wildman–Crippen LogP) is 2.54. The van der Waals surface area contributed by atoms with E-state index in [0.717, 1.165) is 17.0 Å². The molecular weight excluding hydrogens is 297 g/mol. The van der Waals surface area contributed by atoms with E-state index in [2.05, 4.69) is 14.1 Å². The molecule has 0 spiro atoms. The van der Waals surface area contributed by atoms with Gasteiger partial charge in [0.1, 0.15) is 5.82 Å². The number of nitrogens with zero attached hydrogens (tertiary/aromatic N) is 2. The third-order valence-electron chi connectivity index (χ3n) is 2.62. The number of aryl methyl sites for hydroxylation is 1. The Labute approximate surface area is 125 Å². The number of amides is 1. The van der Waals surface area contributed by atoms with Crippen molar-refractivity contribution in [3.8, 4) is 0 Å². The minimum absolute atomic E-state index is 0.0415. The van der Waals surface area contributed by atoms with E-state index in [1.807, 2.05) is 6.92 Å². The zero-order chi connectivity index (χ0) is 14.4. The fourth-order valence-electron chi connectivity index (χ4n) is 1.47. The van der Waals surface area contributed by atoms with Crippen molar-refractivity contribution >= 4 is 29.4 Å². The molecular formula is C13H14FN3OS2. The van der Waals surface area contributed by atoms with Gasteiger partial charge in [0.15, 0.2) is 0 Å². The van der Waals surface area contributed by atoms with Gasteiger partial charge in [0.25, 0.3) is 0 Å². The Morgan fingerprint density at radius 2 is 2.10 bits per heavy atom. The van der Waals surface area contributed by atoms with Crippen molar-refractivity contribution in [3.05, 3.63) is 47.0 Å². The molecule has 2 aromatic rings. The average Bonchev–Trinajstić information content (AvgIpc) is 2.84. The first kappa shape index (κ1) is 14.9. The highest BCUT2D eigenvalue weighted by Gasteiger charge is 2.06. The summed E-state index contributed by atoms with van der Waals surface area (Å²) in [4.78, 5) is 11.7. The molecule has 20 heavy (non-hydrogen) atoms. The Bertz CT molecular complexity index is 571. The molecule has 0 fully saturated rings. The Balaban J connectivity index is 1.68. The molecule has 1 aromatic heterocycles. The number of rotatable bonds is 6. The van der Waals surface area contributed by atoms with Crippen molar-refractivity contribution in [2.75, 3.05) is 5.75 Å². The number of carbonyl (C=O) groups is 1. The molecule has 4 nitrogen and oxygen atoms in total. The van der Waals surface area contributed by atoms with Crippen LogP contribution in [-0.2, 0) is 17.1 Å². The molecule has 0 aliphatic carbocycles. The lowest BCUT2D eigenvalue weighted by Gasteiger charge is -2.05. The van der Waals surface area contributed by atoms with E-state index < -0.39 is 0 Å². The standard InChI is InChI=1S/C13H14FN3OS2/c1-9-12(17-20-16-9)7-19-8-13(18)15-6-10-2-4-11(14)5-3-10/h2-5H,6-8H2,1H3,(H,15,18). The van der Waals surface area contributed by atoms with Crippen molar-refractivity contribution < 1.29 is 9.18 Å². The second-order valence-corrected chi connectivity index (χ2v) is 5.71. The number of halogens is 1. The number of aromatic nitrogens is 2. The van der Waals surface area contributed by atoms with Gasteiger partial charge in [0, 0.05) is 12.3 Å². The molecule has 0 saturated carbocycles. The van der Waals surface area contributed by atoms with Gasteiger partial charge in [-0.05, 0) is 24.6 Å². The summed E-state index contributed by atoms with van der Waals surface area (Å²) in [6, 6.07) is 6.09. The molecule has 1 N–H and O–H groups in total. The Morgan fingerprint density at radius 3 is 2.75 bits per heavy atom. The molecule has 0 bridgehead atoms. The maximum absolute atomic E-state index is 12.7. The van der Waals surface area contributed by atoms with E-state index in [0.29, 0.717) is 18.1 Å². The van der Waals surface area contributed by atoms with Crippen LogP contribution in [0.5, 0.6) is 0 Å². The Morgan fingerprint density at radius 1 is 1.35 bits per heavy atom.